The van der Waals surface area contributed by atoms with E-state index in [2.05, 4.69) is 33.7 Å². The highest BCUT2D eigenvalue weighted by molar-refractivity contribution is 8.00. The van der Waals surface area contributed by atoms with E-state index in [9.17, 15) is 4.79 Å². The topological polar surface area (TPSA) is 59.8 Å². The number of hydrogen-bond donors (Lipinski definition) is 1. The highest BCUT2D eigenvalue weighted by atomic mass is 32.2. The minimum Gasteiger partial charge on any atom is -0.349 e. The average Bonchev–Trinajstić information content (AvgIpc) is 2.99. The second-order valence-corrected chi connectivity index (χ2v) is 7.76. The Morgan fingerprint density at radius 2 is 2.00 bits per heavy atom. The zero-order valence-electron chi connectivity index (χ0n) is 14.5. The molecule has 6 heteroatoms. The van der Waals surface area contributed by atoms with Crippen molar-refractivity contribution in [3.05, 3.63) is 41.2 Å². The minimum absolute atomic E-state index is 0.00673. The van der Waals surface area contributed by atoms with Crippen molar-refractivity contribution in [1.29, 1.82) is 0 Å². The number of nitrogens with zero attached hydrogens (tertiary/aromatic N) is 3. The van der Waals surface area contributed by atoms with Gasteiger partial charge in [-0.25, -0.2) is 0 Å². The van der Waals surface area contributed by atoms with Gasteiger partial charge in [-0.1, -0.05) is 30.0 Å². The van der Waals surface area contributed by atoms with Crippen molar-refractivity contribution in [2.24, 2.45) is 7.05 Å². The number of fused-ring (bicyclic) bond motifs is 1. The summed E-state index contributed by atoms with van der Waals surface area (Å²) in [6.45, 7) is 3.94. The zero-order chi connectivity index (χ0) is 17.1. The summed E-state index contributed by atoms with van der Waals surface area (Å²) in [6.07, 6.45) is 6.53. The normalized spacial score (nSPS) is 16.3. The maximum atomic E-state index is 12.5. The molecule has 1 aliphatic carbocycles. The Hall–Kier alpha value is -1.82. The molecule has 0 aliphatic heterocycles. The van der Waals surface area contributed by atoms with Crippen LogP contribution in [0.4, 0.5) is 0 Å². The summed E-state index contributed by atoms with van der Waals surface area (Å²) < 4.78 is 1.82. The van der Waals surface area contributed by atoms with E-state index in [1.54, 1.807) is 6.33 Å². The third kappa shape index (κ3) is 3.80. The lowest BCUT2D eigenvalue weighted by Gasteiger charge is -2.21. The lowest BCUT2D eigenvalue weighted by Crippen LogP contribution is -2.33. The Morgan fingerprint density at radius 3 is 2.71 bits per heavy atom. The molecule has 5 nitrogen and oxygen atoms in total. The van der Waals surface area contributed by atoms with Crippen LogP contribution in [-0.2, 0) is 24.7 Å². The second-order valence-electron chi connectivity index (χ2n) is 6.45. The van der Waals surface area contributed by atoms with Crippen LogP contribution in [0.5, 0.6) is 0 Å². The first-order valence-electron chi connectivity index (χ1n) is 8.47. The summed E-state index contributed by atoms with van der Waals surface area (Å²) in [4.78, 5) is 12.5. The highest BCUT2D eigenvalue weighted by Crippen LogP contribution is 2.25. The van der Waals surface area contributed by atoms with Crippen molar-refractivity contribution < 1.29 is 4.79 Å². The summed E-state index contributed by atoms with van der Waals surface area (Å²) in [5.74, 6) is 0.0215. The van der Waals surface area contributed by atoms with Gasteiger partial charge in [-0.2, -0.15) is 0 Å². The number of aromatic nitrogens is 3. The first kappa shape index (κ1) is 17.0. The number of hydrogen-bond acceptors (Lipinski definition) is 4. The lowest BCUT2D eigenvalue weighted by atomic mass is 9.89. The number of nitrogens with one attached hydrogen (secondary N) is 1. The van der Waals surface area contributed by atoms with Crippen LogP contribution in [-0.4, -0.2) is 25.9 Å². The Balaban J connectivity index is 1.62. The Kier molecular flexibility index (Phi) is 5.23. The molecular formula is C18H24N4OS. The second kappa shape index (κ2) is 7.38. The monoisotopic (exact) mass is 344 g/mol. The molecule has 0 radical (unpaired) electrons. The minimum atomic E-state index is -0.215. The van der Waals surface area contributed by atoms with E-state index < -0.39 is 0 Å². The average molecular weight is 344 g/mol. The van der Waals surface area contributed by atoms with Gasteiger partial charge in [-0.3, -0.25) is 4.79 Å². The van der Waals surface area contributed by atoms with Crippen LogP contribution in [0, 0.1) is 0 Å². The Morgan fingerprint density at radius 1 is 1.25 bits per heavy atom. The SMILES string of the molecule is C[C@H](Sc1nncn1C)C(=O)N[C@@H](C)c1ccc2c(c1)CCCC2. The van der Waals surface area contributed by atoms with Crippen LogP contribution in [0.15, 0.2) is 29.7 Å². The number of thioether (sulfide) groups is 1. The summed E-state index contributed by atoms with van der Waals surface area (Å²) in [7, 11) is 1.88. The van der Waals surface area contributed by atoms with Gasteiger partial charge in [0.1, 0.15) is 6.33 Å². The maximum absolute atomic E-state index is 12.5. The van der Waals surface area contributed by atoms with Crippen molar-refractivity contribution >= 4 is 17.7 Å². The number of carbonyl (C=O) groups excluding carboxylic acids is 1. The number of aryl methyl sites for hydroxylation is 3. The van der Waals surface area contributed by atoms with Crippen LogP contribution in [0.2, 0.25) is 0 Å². The fourth-order valence-corrected chi connectivity index (χ4v) is 3.83. The van der Waals surface area contributed by atoms with E-state index in [-0.39, 0.29) is 17.2 Å². The molecule has 1 aromatic carbocycles. The summed E-state index contributed by atoms with van der Waals surface area (Å²) in [6, 6.07) is 6.65. The van der Waals surface area contributed by atoms with E-state index in [0.29, 0.717) is 0 Å². The first-order valence-corrected chi connectivity index (χ1v) is 9.35. The van der Waals surface area contributed by atoms with Gasteiger partial charge in [0, 0.05) is 7.05 Å². The fourth-order valence-electron chi connectivity index (χ4n) is 3.03. The quantitative estimate of drug-likeness (QED) is 0.847. The molecule has 0 saturated carbocycles. The van der Waals surface area contributed by atoms with E-state index in [4.69, 9.17) is 0 Å². The number of benzene rings is 1. The molecule has 1 aliphatic rings. The van der Waals surface area contributed by atoms with Gasteiger partial charge in [-0.05, 0) is 56.2 Å². The van der Waals surface area contributed by atoms with Gasteiger partial charge in [-0.15, -0.1) is 10.2 Å². The molecular weight excluding hydrogens is 320 g/mol. The molecule has 1 aromatic heterocycles. The molecule has 0 bridgehead atoms. The van der Waals surface area contributed by atoms with E-state index in [1.807, 2.05) is 25.5 Å². The van der Waals surface area contributed by atoms with Gasteiger partial charge in [0.05, 0.1) is 11.3 Å². The van der Waals surface area contributed by atoms with Crippen molar-refractivity contribution in [3.8, 4) is 0 Å². The van der Waals surface area contributed by atoms with Crippen molar-refractivity contribution in [2.75, 3.05) is 0 Å². The largest absolute Gasteiger partial charge is 0.349 e. The van der Waals surface area contributed by atoms with Gasteiger partial charge in [0.2, 0.25) is 5.91 Å². The number of rotatable bonds is 5. The molecule has 1 amide bonds. The lowest BCUT2D eigenvalue weighted by molar-refractivity contribution is -0.120. The molecule has 0 spiro atoms. The molecule has 1 heterocycles. The molecule has 0 saturated heterocycles. The predicted molar refractivity (Wildman–Crippen MR) is 96.0 cm³/mol. The maximum Gasteiger partial charge on any atom is 0.233 e. The van der Waals surface area contributed by atoms with Crippen LogP contribution in [0.3, 0.4) is 0 Å². The number of carbonyl (C=O) groups is 1. The molecule has 128 valence electrons. The van der Waals surface area contributed by atoms with Crippen LogP contribution in [0.1, 0.15) is 49.4 Å². The smallest absolute Gasteiger partial charge is 0.233 e. The molecule has 0 fully saturated rings. The van der Waals surface area contributed by atoms with E-state index >= 15 is 0 Å². The first-order chi connectivity index (χ1) is 11.5. The van der Waals surface area contributed by atoms with Gasteiger partial charge < -0.3 is 9.88 Å². The third-order valence-electron chi connectivity index (χ3n) is 4.55. The van der Waals surface area contributed by atoms with E-state index in [0.717, 1.165) is 11.6 Å². The molecule has 1 N–H and O–H groups in total. The standard InChI is InChI=1S/C18H24N4OS/c1-12(15-9-8-14-6-4-5-7-16(14)10-15)20-17(23)13(2)24-18-21-19-11-22(18)3/h8-13H,4-7H2,1-3H3,(H,20,23)/t12-,13-/m0/s1. The molecule has 2 aromatic rings. The summed E-state index contributed by atoms with van der Waals surface area (Å²) in [5.41, 5.74) is 4.09. The summed E-state index contributed by atoms with van der Waals surface area (Å²) in [5, 5.41) is 11.5. The molecule has 3 rings (SSSR count). The molecule has 24 heavy (non-hydrogen) atoms. The van der Waals surface area contributed by atoms with E-state index in [1.165, 1.54) is 47.7 Å². The fraction of sp³-hybridized carbons (Fsp3) is 0.500. The van der Waals surface area contributed by atoms with Crippen LogP contribution >= 0.6 is 11.8 Å². The van der Waals surface area contributed by atoms with Crippen LogP contribution in [0.25, 0.3) is 0 Å². The third-order valence-corrected chi connectivity index (χ3v) is 5.70. The van der Waals surface area contributed by atoms with Gasteiger partial charge >= 0.3 is 0 Å². The number of amides is 1. The van der Waals surface area contributed by atoms with Crippen molar-refractivity contribution in [2.45, 2.75) is 56.0 Å². The van der Waals surface area contributed by atoms with Gasteiger partial charge in [0.15, 0.2) is 5.16 Å². The molecule has 0 unspecified atom stereocenters. The Bertz CT molecular complexity index is 728. The highest BCUT2D eigenvalue weighted by Gasteiger charge is 2.20. The molecule has 2 atom stereocenters. The van der Waals surface area contributed by atoms with Crippen molar-refractivity contribution in [1.82, 2.24) is 20.1 Å². The Labute approximate surface area is 147 Å². The van der Waals surface area contributed by atoms with Crippen LogP contribution < -0.4 is 5.32 Å². The van der Waals surface area contributed by atoms with Crippen molar-refractivity contribution in [3.63, 3.8) is 0 Å². The predicted octanol–water partition coefficient (Wildman–Crippen LogP) is 3.05. The summed E-state index contributed by atoms with van der Waals surface area (Å²) >= 11 is 1.42. The van der Waals surface area contributed by atoms with Gasteiger partial charge in [0.25, 0.3) is 0 Å². The zero-order valence-corrected chi connectivity index (χ0v) is 15.3.